The van der Waals surface area contributed by atoms with E-state index < -0.39 is 0 Å². The van der Waals surface area contributed by atoms with Gasteiger partial charge >= 0.3 is 0 Å². The molecular formula is C18H32N2. The molecule has 2 nitrogen and oxygen atoms in total. The minimum absolute atomic E-state index is 0.478. The highest BCUT2D eigenvalue weighted by molar-refractivity contribution is 5.25. The largest absolute Gasteiger partial charge is 0.309 e. The van der Waals surface area contributed by atoms with E-state index in [1.165, 1.54) is 17.5 Å². The third-order valence-corrected chi connectivity index (χ3v) is 4.40. The van der Waals surface area contributed by atoms with Crippen LogP contribution in [0.2, 0.25) is 0 Å². The zero-order valence-corrected chi connectivity index (χ0v) is 13.9. The van der Waals surface area contributed by atoms with E-state index in [-0.39, 0.29) is 0 Å². The number of rotatable bonds is 9. The summed E-state index contributed by atoms with van der Waals surface area (Å²) < 4.78 is 0. The van der Waals surface area contributed by atoms with Crippen molar-refractivity contribution >= 4 is 0 Å². The zero-order chi connectivity index (χ0) is 15.0. The maximum Gasteiger partial charge on any atom is 0.0318 e. The molecule has 1 N–H and O–H groups in total. The van der Waals surface area contributed by atoms with E-state index in [4.69, 9.17) is 0 Å². The first-order valence-electron chi connectivity index (χ1n) is 8.14. The predicted octanol–water partition coefficient (Wildman–Crippen LogP) is 4.02. The van der Waals surface area contributed by atoms with Crippen LogP contribution in [-0.4, -0.2) is 31.1 Å². The van der Waals surface area contributed by atoms with E-state index >= 15 is 0 Å². The van der Waals surface area contributed by atoms with Crippen molar-refractivity contribution in [1.29, 1.82) is 0 Å². The van der Waals surface area contributed by atoms with Crippen LogP contribution in [0.3, 0.4) is 0 Å². The van der Waals surface area contributed by atoms with Crippen molar-refractivity contribution in [2.75, 3.05) is 20.1 Å². The van der Waals surface area contributed by atoms with Gasteiger partial charge in [-0.05, 0) is 44.4 Å². The Morgan fingerprint density at radius 1 is 1.05 bits per heavy atom. The summed E-state index contributed by atoms with van der Waals surface area (Å²) in [6, 6.07) is 10.2. The molecule has 114 valence electrons. The summed E-state index contributed by atoms with van der Waals surface area (Å²) in [5, 5.41) is 3.69. The third kappa shape index (κ3) is 5.26. The summed E-state index contributed by atoms with van der Waals surface area (Å²) >= 11 is 0. The molecule has 1 aromatic rings. The fourth-order valence-electron chi connectivity index (χ4n) is 2.43. The number of likely N-dealkylation sites (N-methyl/N-ethyl adjacent to an activating group) is 1. The number of aryl methyl sites for hydroxylation is 1. The highest BCUT2D eigenvalue weighted by Gasteiger charge is 2.10. The third-order valence-electron chi connectivity index (χ3n) is 4.40. The molecule has 0 aliphatic heterocycles. The van der Waals surface area contributed by atoms with E-state index in [2.05, 4.69) is 69.2 Å². The van der Waals surface area contributed by atoms with Crippen LogP contribution in [0.4, 0.5) is 0 Å². The van der Waals surface area contributed by atoms with Crippen LogP contribution in [0.25, 0.3) is 0 Å². The van der Waals surface area contributed by atoms with Crippen LogP contribution < -0.4 is 5.32 Å². The quantitative estimate of drug-likeness (QED) is 0.733. The molecule has 0 aliphatic rings. The lowest BCUT2D eigenvalue weighted by atomic mass is 10.0. The highest BCUT2D eigenvalue weighted by atomic mass is 15.1. The van der Waals surface area contributed by atoms with E-state index in [0.29, 0.717) is 12.1 Å². The Bertz CT molecular complexity index is 358. The SMILES string of the molecule is CCc1ccc(C(CC)NCCN(C)C(C)CC)cc1. The number of nitrogens with one attached hydrogen (secondary N) is 1. The molecule has 2 heteroatoms. The number of benzene rings is 1. The molecule has 1 rings (SSSR count). The highest BCUT2D eigenvalue weighted by Crippen LogP contribution is 2.17. The summed E-state index contributed by atoms with van der Waals surface area (Å²) in [5.41, 5.74) is 2.83. The second-order valence-electron chi connectivity index (χ2n) is 5.75. The first-order chi connectivity index (χ1) is 9.62. The molecule has 2 unspecified atom stereocenters. The van der Waals surface area contributed by atoms with Crippen molar-refractivity contribution in [2.24, 2.45) is 0 Å². The Morgan fingerprint density at radius 2 is 1.70 bits per heavy atom. The molecule has 0 saturated heterocycles. The molecule has 0 aromatic heterocycles. The van der Waals surface area contributed by atoms with Gasteiger partial charge in [-0.3, -0.25) is 0 Å². The fourth-order valence-corrected chi connectivity index (χ4v) is 2.43. The van der Waals surface area contributed by atoms with Crippen LogP contribution in [0.1, 0.15) is 57.7 Å². The van der Waals surface area contributed by atoms with Gasteiger partial charge in [-0.1, -0.05) is 45.0 Å². The Labute approximate surface area is 125 Å². The summed E-state index contributed by atoms with van der Waals surface area (Å²) in [5.74, 6) is 0. The standard InChI is InChI=1S/C18H32N2/c1-6-15(4)20(5)14-13-19-18(8-3)17-11-9-16(7-2)10-12-17/h9-12,15,18-19H,6-8,13-14H2,1-5H3. The smallest absolute Gasteiger partial charge is 0.0318 e. The van der Waals surface area contributed by atoms with Crippen LogP contribution in [-0.2, 0) is 6.42 Å². The summed E-state index contributed by atoms with van der Waals surface area (Å²) in [7, 11) is 2.22. The van der Waals surface area contributed by atoms with Gasteiger partial charge in [-0.25, -0.2) is 0 Å². The van der Waals surface area contributed by atoms with Crippen LogP contribution in [0.5, 0.6) is 0 Å². The van der Waals surface area contributed by atoms with Crippen molar-refractivity contribution < 1.29 is 0 Å². The van der Waals surface area contributed by atoms with Gasteiger partial charge in [0.1, 0.15) is 0 Å². The summed E-state index contributed by atoms with van der Waals surface area (Å²) in [6.07, 6.45) is 3.47. The second kappa shape index (κ2) is 9.15. The molecule has 0 saturated carbocycles. The molecule has 20 heavy (non-hydrogen) atoms. The molecule has 0 bridgehead atoms. The molecule has 0 amide bonds. The maximum absolute atomic E-state index is 3.69. The molecule has 0 spiro atoms. The minimum atomic E-state index is 0.478. The summed E-state index contributed by atoms with van der Waals surface area (Å²) in [6.45, 7) is 11.2. The molecule has 0 fully saturated rings. The van der Waals surface area contributed by atoms with Crippen LogP contribution in [0, 0.1) is 0 Å². The fraction of sp³-hybridized carbons (Fsp3) is 0.667. The van der Waals surface area contributed by atoms with Crippen molar-refractivity contribution in [1.82, 2.24) is 10.2 Å². The zero-order valence-electron chi connectivity index (χ0n) is 13.9. The van der Waals surface area contributed by atoms with Gasteiger partial charge in [0, 0.05) is 25.2 Å². The molecular weight excluding hydrogens is 244 g/mol. The molecule has 1 aromatic carbocycles. The van der Waals surface area contributed by atoms with Gasteiger partial charge < -0.3 is 10.2 Å². The number of nitrogens with zero attached hydrogens (tertiary/aromatic N) is 1. The van der Waals surface area contributed by atoms with Gasteiger partial charge in [0.05, 0.1) is 0 Å². The van der Waals surface area contributed by atoms with E-state index in [1.807, 2.05) is 0 Å². The van der Waals surface area contributed by atoms with Crippen molar-refractivity contribution in [2.45, 2.75) is 59.0 Å². The van der Waals surface area contributed by atoms with Gasteiger partial charge in [-0.15, -0.1) is 0 Å². The molecule has 2 atom stereocenters. The monoisotopic (exact) mass is 276 g/mol. The van der Waals surface area contributed by atoms with Gasteiger partial charge in [-0.2, -0.15) is 0 Å². The van der Waals surface area contributed by atoms with Crippen LogP contribution in [0.15, 0.2) is 24.3 Å². The Morgan fingerprint density at radius 3 is 2.20 bits per heavy atom. The first kappa shape index (κ1) is 17.2. The van der Waals surface area contributed by atoms with E-state index in [1.54, 1.807) is 0 Å². The topological polar surface area (TPSA) is 15.3 Å². The average molecular weight is 276 g/mol. The van der Waals surface area contributed by atoms with E-state index in [9.17, 15) is 0 Å². The normalized spacial score (nSPS) is 14.5. The number of hydrogen-bond acceptors (Lipinski definition) is 2. The molecule has 0 radical (unpaired) electrons. The Balaban J connectivity index is 2.46. The average Bonchev–Trinajstić information content (AvgIpc) is 2.50. The van der Waals surface area contributed by atoms with Crippen molar-refractivity contribution in [3.63, 3.8) is 0 Å². The predicted molar refractivity (Wildman–Crippen MR) is 89.2 cm³/mol. The lowest BCUT2D eigenvalue weighted by Gasteiger charge is -2.25. The van der Waals surface area contributed by atoms with Gasteiger partial charge in [0.15, 0.2) is 0 Å². The lowest BCUT2D eigenvalue weighted by molar-refractivity contribution is 0.248. The van der Waals surface area contributed by atoms with Crippen molar-refractivity contribution in [3.8, 4) is 0 Å². The van der Waals surface area contributed by atoms with E-state index in [0.717, 1.165) is 25.9 Å². The molecule has 0 aliphatic carbocycles. The number of hydrogen-bond donors (Lipinski definition) is 1. The second-order valence-corrected chi connectivity index (χ2v) is 5.75. The van der Waals surface area contributed by atoms with Crippen LogP contribution >= 0.6 is 0 Å². The first-order valence-corrected chi connectivity index (χ1v) is 8.14. The minimum Gasteiger partial charge on any atom is -0.309 e. The van der Waals surface area contributed by atoms with Gasteiger partial charge in [0.2, 0.25) is 0 Å². The Hall–Kier alpha value is -0.860. The van der Waals surface area contributed by atoms with Gasteiger partial charge in [0.25, 0.3) is 0 Å². The maximum atomic E-state index is 3.69. The lowest BCUT2D eigenvalue weighted by Crippen LogP contribution is -2.36. The Kier molecular flexibility index (Phi) is 7.86. The van der Waals surface area contributed by atoms with Crippen molar-refractivity contribution in [3.05, 3.63) is 35.4 Å². The summed E-state index contributed by atoms with van der Waals surface area (Å²) in [4.78, 5) is 2.43. The molecule has 0 heterocycles.